The first-order valence-electron chi connectivity index (χ1n) is 20.1. The Morgan fingerprint density at radius 1 is 0.889 bits per heavy atom. The summed E-state index contributed by atoms with van der Waals surface area (Å²) in [6.07, 6.45) is 7.02. The van der Waals surface area contributed by atoms with Gasteiger partial charge in [-0.1, -0.05) is 136 Å². The number of aliphatic hydroxyl groups excluding tert-OH is 1. The average Bonchev–Trinajstić information content (AvgIpc) is 3.47. The van der Waals surface area contributed by atoms with Crippen molar-refractivity contribution in [2.45, 2.75) is 127 Å². The number of ketones is 1. The number of thiophene rings is 1. The molecule has 0 atom stereocenters. The Hall–Kier alpha value is -3.18. The summed E-state index contributed by atoms with van der Waals surface area (Å²) in [7, 11) is 0. The monoisotopic (exact) mass is 923 g/mol. The van der Waals surface area contributed by atoms with Crippen molar-refractivity contribution < 1.29 is 31.4 Å². The van der Waals surface area contributed by atoms with Crippen LogP contribution in [-0.2, 0) is 43.2 Å². The molecule has 0 fully saturated rings. The second kappa shape index (κ2) is 17.3. The van der Waals surface area contributed by atoms with E-state index in [1.807, 2.05) is 27.7 Å². The smallest absolute Gasteiger partial charge is 0.162 e. The van der Waals surface area contributed by atoms with Gasteiger partial charge in [0.25, 0.3) is 0 Å². The van der Waals surface area contributed by atoms with Crippen LogP contribution in [0.15, 0.2) is 66.7 Å². The topological polar surface area (TPSA) is 63.1 Å². The fourth-order valence-corrected chi connectivity index (χ4v) is 9.23. The summed E-state index contributed by atoms with van der Waals surface area (Å²) in [6, 6.07) is 21.6. The molecule has 0 saturated carbocycles. The van der Waals surface area contributed by atoms with Crippen molar-refractivity contribution in [2.75, 3.05) is 0 Å². The Morgan fingerprint density at radius 3 is 2.02 bits per heavy atom. The van der Waals surface area contributed by atoms with Gasteiger partial charge in [0.05, 0.1) is 5.76 Å². The quantitative estimate of drug-likeness (QED) is 0.0861. The molecule has 0 unspecified atom stereocenters. The van der Waals surface area contributed by atoms with Crippen LogP contribution in [0, 0.1) is 28.7 Å². The van der Waals surface area contributed by atoms with E-state index in [1.165, 1.54) is 44.2 Å². The maximum atomic E-state index is 11.7. The minimum absolute atomic E-state index is 0. The van der Waals surface area contributed by atoms with Gasteiger partial charge in [-0.15, -0.1) is 34.9 Å². The zero-order valence-electron chi connectivity index (χ0n) is 35.6. The molecule has 3 aromatic carbocycles. The summed E-state index contributed by atoms with van der Waals surface area (Å²) in [4.78, 5) is 23.2. The van der Waals surface area contributed by atoms with Crippen LogP contribution in [0.25, 0.3) is 42.7 Å². The number of hydrogen-bond donors (Lipinski definition) is 1. The van der Waals surface area contributed by atoms with Crippen molar-refractivity contribution in [3.05, 3.63) is 95.0 Å². The molecule has 0 bridgehead atoms. The van der Waals surface area contributed by atoms with Gasteiger partial charge < -0.3 is 5.11 Å². The summed E-state index contributed by atoms with van der Waals surface area (Å²) >= 11 is 1.72. The van der Waals surface area contributed by atoms with Gasteiger partial charge in [-0.25, -0.2) is 4.98 Å². The van der Waals surface area contributed by atoms with Crippen molar-refractivity contribution in [1.29, 1.82) is 0 Å². The van der Waals surface area contributed by atoms with E-state index in [9.17, 15) is 9.90 Å². The van der Waals surface area contributed by atoms with E-state index in [1.54, 1.807) is 11.3 Å². The first kappa shape index (κ1) is 42.0. The molecule has 0 spiro atoms. The normalized spacial score (nSPS) is 14.1. The number of carbonyl (C=O) groups excluding carboxylic acids is 1. The van der Waals surface area contributed by atoms with Crippen LogP contribution in [-0.4, -0.2) is 20.9 Å². The Labute approximate surface area is 344 Å². The predicted molar refractivity (Wildman–Crippen MR) is 227 cm³/mol. The van der Waals surface area contributed by atoms with Crippen molar-refractivity contribution in [3.8, 4) is 21.7 Å². The second-order valence-electron chi connectivity index (χ2n) is 17.9. The van der Waals surface area contributed by atoms with Crippen molar-refractivity contribution in [1.82, 2.24) is 9.97 Å². The molecule has 1 aliphatic rings. The van der Waals surface area contributed by atoms with E-state index in [2.05, 4.69) is 115 Å². The summed E-state index contributed by atoms with van der Waals surface area (Å²) in [5, 5.41) is 13.1. The SMILES string of the molecule is CCC(CC)C(=O)/C=C(\O)C(CC)CC.[2H]c1nc2c3c(c(-c4cc(CC(C)(C)C)cc(CC(C)(C)C)c4)sc3n1)C(C)(C)c1cc3ccccc3[c-]c1-2.[Ir]. The number of aromatic nitrogens is 2. The molecule has 54 heavy (non-hydrogen) atoms. The first-order chi connectivity index (χ1) is 25.3. The molecule has 0 aliphatic heterocycles. The summed E-state index contributed by atoms with van der Waals surface area (Å²) < 4.78 is 8.47. The Morgan fingerprint density at radius 2 is 1.46 bits per heavy atom. The third-order valence-corrected chi connectivity index (χ3v) is 11.8. The molecule has 1 radical (unpaired) electrons. The average molecular weight is 923 g/mol. The van der Waals surface area contributed by atoms with Crippen LogP contribution in [0.3, 0.4) is 0 Å². The van der Waals surface area contributed by atoms with Crippen LogP contribution in [0.4, 0.5) is 0 Å². The fourth-order valence-electron chi connectivity index (χ4n) is 7.96. The molecular weight excluding hydrogens is 861 g/mol. The van der Waals surface area contributed by atoms with Crippen molar-refractivity contribution in [3.63, 3.8) is 0 Å². The summed E-state index contributed by atoms with van der Waals surface area (Å²) in [6.45, 7) is 26.6. The van der Waals surface area contributed by atoms with Crippen LogP contribution in [0.2, 0.25) is 0 Å². The Bertz CT molecular complexity index is 2140. The number of aliphatic hydroxyl groups is 1. The Kier molecular flexibility index (Phi) is 13.5. The van der Waals surface area contributed by atoms with Gasteiger partial charge in [0.15, 0.2) is 5.78 Å². The standard InChI is InChI=1S/C35H37N2S.C13H24O2.Ir/c1-33(2,3)18-21-13-22(19-34(4,5)6)15-25(14-21)31-29-28-30(36-20-37-32(28)38-31)26-16-23-11-9-10-12-24(23)17-27(26)35(29,7)8;1-5-10(6-2)12(14)9-13(15)11(7-3)8-4;/h9-15,17,20H,18-19H2,1-8H3;9-11,14H,5-8H2,1-4H3;/q-1;;/b;12-9-;/i20D;;. The number of benzene rings is 3. The predicted octanol–water partition coefficient (Wildman–Crippen LogP) is 13.7. The van der Waals surface area contributed by atoms with E-state index in [-0.39, 0.29) is 66.0 Å². The number of rotatable bonds is 10. The van der Waals surface area contributed by atoms with E-state index >= 15 is 0 Å². The van der Waals surface area contributed by atoms with Crippen LogP contribution in [0.5, 0.6) is 0 Å². The maximum absolute atomic E-state index is 11.7. The van der Waals surface area contributed by atoms with Crippen LogP contribution >= 0.6 is 11.3 Å². The number of hydrogen-bond acceptors (Lipinski definition) is 5. The number of fused-ring (bicyclic) bond motifs is 3. The molecular formula is C48H61IrN2O2S-. The maximum Gasteiger partial charge on any atom is 0.162 e. The minimum Gasteiger partial charge on any atom is -0.512 e. The van der Waals surface area contributed by atoms with E-state index in [0.29, 0.717) is 0 Å². The minimum atomic E-state index is -0.270. The van der Waals surface area contributed by atoms with E-state index < -0.39 is 0 Å². The van der Waals surface area contributed by atoms with Gasteiger partial charge in [-0.2, -0.15) is 0 Å². The van der Waals surface area contributed by atoms with E-state index in [4.69, 9.17) is 6.35 Å². The molecule has 291 valence electrons. The first-order valence-corrected chi connectivity index (χ1v) is 20.5. The number of carbonyl (C=O) groups is 1. The van der Waals surface area contributed by atoms with Gasteiger partial charge >= 0.3 is 0 Å². The molecule has 1 aliphatic carbocycles. The van der Waals surface area contributed by atoms with Crippen LogP contribution < -0.4 is 0 Å². The molecule has 6 rings (SSSR count). The molecule has 4 nitrogen and oxygen atoms in total. The van der Waals surface area contributed by atoms with Gasteiger partial charge in [0.2, 0.25) is 0 Å². The number of nitrogens with zero attached hydrogens (tertiary/aromatic N) is 2. The molecule has 0 amide bonds. The molecule has 0 saturated heterocycles. The molecule has 5 aromatic rings. The molecule has 6 heteroatoms. The molecule has 2 heterocycles. The second-order valence-corrected chi connectivity index (χ2v) is 18.9. The third kappa shape index (κ3) is 9.60. The summed E-state index contributed by atoms with van der Waals surface area (Å²) in [5.74, 6) is 0.547. The largest absolute Gasteiger partial charge is 0.512 e. The van der Waals surface area contributed by atoms with Crippen LogP contribution in [0.1, 0.15) is 132 Å². The third-order valence-electron chi connectivity index (χ3n) is 10.6. The van der Waals surface area contributed by atoms with Crippen molar-refractivity contribution in [2.24, 2.45) is 22.7 Å². The van der Waals surface area contributed by atoms with Gasteiger partial charge in [-0.3, -0.25) is 9.78 Å². The van der Waals surface area contributed by atoms with Gasteiger partial charge in [-0.05, 0) is 77.0 Å². The van der Waals surface area contributed by atoms with Gasteiger partial charge in [0.1, 0.15) is 12.5 Å². The number of allylic oxidation sites excluding steroid dienone is 2. The summed E-state index contributed by atoms with van der Waals surface area (Å²) in [5.41, 5.74) is 8.49. The van der Waals surface area contributed by atoms with Crippen molar-refractivity contribution >= 4 is 38.1 Å². The Balaban J connectivity index is 0.000000360. The van der Waals surface area contributed by atoms with E-state index in [0.717, 1.165) is 65.4 Å². The zero-order chi connectivity index (χ0) is 39.7. The molecule has 2 aromatic heterocycles. The zero-order valence-corrected chi connectivity index (χ0v) is 37.8. The molecule has 1 N–H and O–H groups in total. The van der Waals surface area contributed by atoms with Gasteiger partial charge in [0, 0.05) is 54.0 Å². The fraction of sp³-hybridized carbons (Fsp3) is 0.479.